The van der Waals surface area contributed by atoms with Gasteiger partial charge in [0.15, 0.2) is 0 Å². The SMILES string of the molecule is Cc1ccc(C)c(N2C(=O)c3ccc(C(=O)NCCc4[nH]cnc4-c4cccs4)cc3C2=O)c1. The number of carbonyl (C=O) groups excluding carboxylic acids is 3. The summed E-state index contributed by atoms with van der Waals surface area (Å²) in [5.74, 6) is -1.09. The van der Waals surface area contributed by atoms with Gasteiger partial charge >= 0.3 is 0 Å². The van der Waals surface area contributed by atoms with Gasteiger partial charge in [0.2, 0.25) is 0 Å². The Morgan fingerprint density at radius 3 is 2.68 bits per heavy atom. The molecule has 3 heterocycles. The summed E-state index contributed by atoms with van der Waals surface area (Å²) < 4.78 is 0. The van der Waals surface area contributed by atoms with Crippen molar-refractivity contribution in [3.8, 4) is 10.6 Å². The number of hydrogen-bond donors (Lipinski definition) is 2. The summed E-state index contributed by atoms with van der Waals surface area (Å²) in [7, 11) is 0. The fourth-order valence-electron chi connectivity index (χ4n) is 4.10. The molecule has 1 aliphatic rings. The lowest BCUT2D eigenvalue weighted by Gasteiger charge is -2.17. The van der Waals surface area contributed by atoms with E-state index in [2.05, 4.69) is 15.3 Å². The maximum atomic E-state index is 13.1. The van der Waals surface area contributed by atoms with Crippen molar-refractivity contribution >= 4 is 34.7 Å². The van der Waals surface area contributed by atoms with Gasteiger partial charge in [0, 0.05) is 24.2 Å². The lowest BCUT2D eigenvalue weighted by Crippen LogP contribution is -2.30. The van der Waals surface area contributed by atoms with Crippen LogP contribution < -0.4 is 10.2 Å². The third kappa shape index (κ3) is 3.82. The number of hydrogen-bond acceptors (Lipinski definition) is 5. The maximum absolute atomic E-state index is 13.1. The van der Waals surface area contributed by atoms with Crippen LogP contribution >= 0.6 is 11.3 Å². The molecule has 2 aromatic heterocycles. The van der Waals surface area contributed by atoms with E-state index in [-0.39, 0.29) is 17.4 Å². The van der Waals surface area contributed by atoms with Crippen LogP contribution in [0.5, 0.6) is 0 Å². The normalized spacial score (nSPS) is 12.8. The standard InChI is InChI=1S/C26H22N4O3S/c1-15-5-6-16(2)21(12-15)30-25(32)18-8-7-17(13-19(18)26(30)33)24(31)27-10-9-20-23(29-14-28-20)22-4-3-11-34-22/h3-8,11-14H,9-10H2,1-2H3,(H,27,31)(H,28,29). The van der Waals surface area contributed by atoms with Crippen molar-refractivity contribution in [1.29, 1.82) is 0 Å². The van der Waals surface area contributed by atoms with Gasteiger partial charge in [-0.05, 0) is 60.7 Å². The summed E-state index contributed by atoms with van der Waals surface area (Å²) >= 11 is 1.61. The summed E-state index contributed by atoms with van der Waals surface area (Å²) in [5, 5.41) is 4.89. The highest BCUT2D eigenvalue weighted by molar-refractivity contribution is 7.13. The summed E-state index contributed by atoms with van der Waals surface area (Å²) in [5.41, 5.74) is 5.08. The molecule has 4 aromatic rings. The fraction of sp³-hybridized carbons (Fsp3) is 0.154. The zero-order valence-electron chi connectivity index (χ0n) is 18.7. The number of rotatable bonds is 6. The predicted molar refractivity (Wildman–Crippen MR) is 131 cm³/mol. The van der Waals surface area contributed by atoms with Gasteiger partial charge in [-0.3, -0.25) is 14.4 Å². The number of H-pyrrole nitrogens is 1. The molecule has 5 rings (SSSR count). The van der Waals surface area contributed by atoms with Crippen LogP contribution in [0.25, 0.3) is 10.6 Å². The van der Waals surface area contributed by atoms with Crippen molar-refractivity contribution in [3.63, 3.8) is 0 Å². The van der Waals surface area contributed by atoms with Crippen LogP contribution in [-0.2, 0) is 6.42 Å². The van der Waals surface area contributed by atoms with E-state index in [1.807, 2.05) is 49.6 Å². The lowest BCUT2D eigenvalue weighted by molar-refractivity contribution is 0.0923. The molecular formula is C26H22N4O3S. The Balaban J connectivity index is 1.30. The van der Waals surface area contributed by atoms with Crippen molar-refractivity contribution in [2.75, 3.05) is 11.4 Å². The number of aryl methyl sites for hydroxylation is 2. The molecule has 34 heavy (non-hydrogen) atoms. The van der Waals surface area contributed by atoms with E-state index in [1.165, 1.54) is 11.0 Å². The molecule has 0 bridgehead atoms. The Labute approximate surface area is 200 Å². The molecule has 0 fully saturated rings. The Morgan fingerprint density at radius 1 is 1.06 bits per heavy atom. The highest BCUT2D eigenvalue weighted by Gasteiger charge is 2.37. The molecule has 0 spiro atoms. The summed E-state index contributed by atoms with van der Waals surface area (Å²) in [6.07, 6.45) is 2.23. The number of aromatic amines is 1. The number of aromatic nitrogens is 2. The molecule has 0 unspecified atom stereocenters. The molecule has 170 valence electrons. The average molecular weight is 471 g/mol. The fourth-order valence-corrected chi connectivity index (χ4v) is 4.85. The number of thiophene rings is 1. The number of nitrogens with zero attached hydrogens (tertiary/aromatic N) is 2. The predicted octanol–water partition coefficient (Wildman–Crippen LogP) is 4.53. The van der Waals surface area contributed by atoms with Crippen LogP contribution in [-0.4, -0.2) is 34.2 Å². The van der Waals surface area contributed by atoms with Gasteiger partial charge in [-0.1, -0.05) is 18.2 Å². The zero-order chi connectivity index (χ0) is 23.8. The Hall–Kier alpha value is -4.04. The minimum absolute atomic E-state index is 0.243. The number of anilines is 1. The number of benzene rings is 2. The van der Waals surface area contributed by atoms with E-state index in [0.717, 1.165) is 27.4 Å². The Kier molecular flexibility index (Phi) is 5.59. The molecule has 2 N–H and O–H groups in total. The van der Waals surface area contributed by atoms with Gasteiger partial charge in [0.05, 0.1) is 28.0 Å². The number of imidazole rings is 1. The summed E-state index contributed by atoms with van der Waals surface area (Å²) in [6, 6.07) is 14.3. The van der Waals surface area contributed by atoms with E-state index < -0.39 is 5.91 Å². The van der Waals surface area contributed by atoms with Crippen molar-refractivity contribution < 1.29 is 14.4 Å². The molecule has 0 radical (unpaired) electrons. The molecule has 8 heteroatoms. The van der Waals surface area contributed by atoms with Gasteiger partial charge in [-0.15, -0.1) is 11.3 Å². The molecule has 3 amide bonds. The largest absolute Gasteiger partial charge is 0.352 e. The second kappa shape index (κ2) is 8.72. The number of amides is 3. The number of fused-ring (bicyclic) bond motifs is 1. The van der Waals surface area contributed by atoms with Crippen LogP contribution in [0.3, 0.4) is 0 Å². The van der Waals surface area contributed by atoms with E-state index in [0.29, 0.717) is 29.8 Å². The van der Waals surface area contributed by atoms with Crippen LogP contribution in [0.1, 0.15) is 47.9 Å². The first-order valence-electron chi connectivity index (χ1n) is 10.9. The van der Waals surface area contributed by atoms with Gasteiger partial charge in [0.1, 0.15) is 5.69 Å². The maximum Gasteiger partial charge on any atom is 0.266 e. The van der Waals surface area contributed by atoms with Crippen molar-refractivity contribution in [3.05, 3.63) is 93.7 Å². The monoisotopic (exact) mass is 470 g/mol. The first-order chi connectivity index (χ1) is 16.4. The molecule has 7 nitrogen and oxygen atoms in total. The average Bonchev–Trinajstić information content (AvgIpc) is 3.56. The third-order valence-electron chi connectivity index (χ3n) is 5.89. The van der Waals surface area contributed by atoms with Crippen molar-refractivity contribution in [1.82, 2.24) is 15.3 Å². The van der Waals surface area contributed by atoms with Crippen LogP contribution in [0.4, 0.5) is 5.69 Å². The van der Waals surface area contributed by atoms with Crippen LogP contribution in [0.2, 0.25) is 0 Å². The topological polar surface area (TPSA) is 95.2 Å². The van der Waals surface area contributed by atoms with E-state index in [9.17, 15) is 14.4 Å². The third-order valence-corrected chi connectivity index (χ3v) is 6.76. The quantitative estimate of drug-likeness (QED) is 0.405. The van der Waals surface area contributed by atoms with Crippen molar-refractivity contribution in [2.45, 2.75) is 20.3 Å². The number of carbonyl (C=O) groups is 3. The summed E-state index contributed by atoms with van der Waals surface area (Å²) in [6.45, 7) is 4.18. The molecule has 1 aliphatic heterocycles. The molecule has 2 aromatic carbocycles. The Bertz CT molecular complexity index is 1420. The van der Waals surface area contributed by atoms with Gasteiger partial charge in [-0.25, -0.2) is 9.88 Å². The highest BCUT2D eigenvalue weighted by atomic mass is 32.1. The van der Waals surface area contributed by atoms with Gasteiger partial charge < -0.3 is 10.3 Å². The summed E-state index contributed by atoms with van der Waals surface area (Å²) in [4.78, 5) is 48.7. The molecule has 0 saturated carbocycles. The first kappa shape index (κ1) is 21.8. The minimum atomic E-state index is -0.415. The van der Waals surface area contributed by atoms with Gasteiger partial charge in [0.25, 0.3) is 17.7 Å². The number of nitrogens with one attached hydrogen (secondary N) is 2. The smallest absolute Gasteiger partial charge is 0.266 e. The zero-order valence-corrected chi connectivity index (χ0v) is 19.5. The molecule has 0 saturated heterocycles. The second-order valence-corrected chi connectivity index (χ2v) is 9.16. The number of imide groups is 1. The minimum Gasteiger partial charge on any atom is -0.352 e. The first-order valence-corrected chi connectivity index (χ1v) is 11.8. The van der Waals surface area contributed by atoms with E-state index in [1.54, 1.807) is 29.8 Å². The molecule has 0 atom stereocenters. The highest BCUT2D eigenvalue weighted by Crippen LogP contribution is 2.32. The lowest BCUT2D eigenvalue weighted by atomic mass is 10.1. The van der Waals surface area contributed by atoms with Crippen LogP contribution in [0.15, 0.2) is 60.2 Å². The Morgan fingerprint density at radius 2 is 1.88 bits per heavy atom. The van der Waals surface area contributed by atoms with E-state index in [4.69, 9.17) is 0 Å². The second-order valence-electron chi connectivity index (χ2n) is 8.21. The van der Waals surface area contributed by atoms with Gasteiger partial charge in [-0.2, -0.15) is 0 Å². The molecular weight excluding hydrogens is 448 g/mol. The van der Waals surface area contributed by atoms with Crippen molar-refractivity contribution in [2.24, 2.45) is 0 Å². The molecule has 0 aliphatic carbocycles. The van der Waals surface area contributed by atoms with Crippen LogP contribution in [0, 0.1) is 13.8 Å². The van der Waals surface area contributed by atoms with E-state index >= 15 is 0 Å².